The molecule has 2 aliphatic rings. The number of benzene rings is 1. The zero-order chi connectivity index (χ0) is 19.7. The number of carbonyl (C=O) groups is 3. The minimum Gasteiger partial charge on any atom is -0.340 e. The Morgan fingerprint density at radius 2 is 1.82 bits per heavy atom. The monoisotopic (exact) mass is 398 g/mol. The van der Waals surface area contributed by atoms with Crippen LogP contribution in [0, 0.1) is 0 Å². The van der Waals surface area contributed by atoms with E-state index in [2.05, 4.69) is 9.88 Å². The standard InChI is InChI=1S/C20H22N4O3S/c1-14(24-19(26)15-5-2-3-6-16(15)20(24)27)18(25)23-9-4-8-22(10-11-23)13-17-21-7-12-28-17/h2-3,5-7,12,14H,4,8-11,13H2,1H3. The van der Waals surface area contributed by atoms with Crippen molar-refractivity contribution in [3.8, 4) is 0 Å². The summed E-state index contributed by atoms with van der Waals surface area (Å²) >= 11 is 1.63. The van der Waals surface area contributed by atoms with E-state index in [0.29, 0.717) is 24.2 Å². The Kier molecular flexibility index (Phi) is 5.23. The fraction of sp³-hybridized carbons (Fsp3) is 0.400. The molecular weight excluding hydrogens is 376 g/mol. The quantitative estimate of drug-likeness (QED) is 0.735. The minimum atomic E-state index is -0.807. The van der Waals surface area contributed by atoms with Crippen molar-refractivity contribution in [3.05, 3.63) is 52.0 Å². The Balaban J connectivity index is 1.42. The Bertz CT molecular complexity index is 864. The molecule has 0 spiro atoms. The highest BCUT2D eigenvalue weighted by molar-refractivity contribution is 7.09. The van der Waals surface area contributed by atoms with Crippen molar-refractivity contribution in [1.82, 2.24) is 19.7 Å². The molecule has 3 amide bonds. The summed E-state index contributed by atoms with van der Waals surface area (Å²) in [4.78, 5) is 47.9. The first-order chi connectivity index (χ1) is 13.6. The summed E-state index contributed by atoms with van der Waals surface area (Å²) in [5, 5.41) is 3.03. The third kappa shape index (κ3) is 3.45. The maximum absolute atomic E-state index is 13.1. The van der Waals surface area contributed by atoms with E-state index in [0.717, 1.165) is 36.0 Å². The number of rotatable bonds is 4. The number of hydrogen-bond donors (Lipinski definition) is 0. The van der Waals surface area contributed by atoms with Gasteiger partial charge in [0.05, 0.1) is 17.7 Å². The van der Waals surface area contributed by atoms with Crippen LogP contribution in [0.2, 0.25) is 0 Å². The average molecular weight is 398 g/mol. The normalized spacial score (nSPS) is 18.9. The predicted octanol–water partition coefficient (Wildman–Crippen LogP) is 1.86. The van der Waals surface area contributed by atoms with E-state index in [9.17, 15) is 14.4 Å². The molecule has 1 aromatic heterocycles. The second kappa shape index (κ2) is 7.81. The van der Waals surface area contributed by atoms with Crippen molar-refractivity contribution in [2.45, 2.75) is 25.9 Å². The highest BCUT2D eigenvalue weighted by atomic mass is 32.1. The molecule has 146 valence electrons. The molecule has 1 saturated heterocycles. The number of aromatic nitrogens is 1. The van der Waals surface area contributed by atoms with E-state index in [1.165, 1.54) is 0 Å². The lowest BCUT2D eigenvalue weighted by Gasteiger charge is -2.28. The zero-order valence-corrected chi connectivity index (χ0v) is 16.5. The van der Waals surface area contributed by atoms with E-state index in [4.69, 9.17) is 0 Å². The lowest BCUT2D eigenvalue weighted by atomic mass is 10.1. The molecule has 3 heterocycles. The van der Waals surface area contributed by atoms with Crippen LogP contribution in [0.15, 0.2) is 35.8 Å². The molecule has 0 bridgehead atoms. The number of carbonyl (C=O) groups excluding carboxylic acids is 3. The molecular formula is C20H22N4O3S. The predicted molar refractivity (Wildman–Crippen MR) is 105 cm³/mol. The van der Waals surface area contributed by atoms with Crippen LogP contribution in [0.1, 0.15) is 39.1 Å². The van der Waals surface area contributed by atoms with Crippen LogP contribution in [-0.2, 0) is 11.3 Å². The van der Waals surface area contributed by atoms with Gasteiger partial charge in [-0.3, -0.25) is 24.2 Å². The summed E-state index contributed by atoms with van der Waals surface area (Å²) in [6, 6.07) is 5.92. The van der Waals surface area contributed by atoms with Crippen LogP contribution in [0.25, 0.3) is 0 Å². The fourth-order valence-electron chi connectivity index (χ4n) is 3.81. The average Bonchev–Trinajstić information content (AvgIpc) is 3.21. The Morgan fingerprint density at radius 1 is 1.11 bits per heavy atom. The molecule has 1 unspecified atom stereocenters. The van der Waals surface area contributed by atoms with Crippen molar-refractivity contribution in [2.75, 3.05) is 26.2 Å². The number of thiazole rings is 1. The fourth-order valence-corrected chi connectivity index (χ4v) is 4.46. The highest BCUT2D eigenvalue weighted by Gasteiger charge is 2.41. The Labute approximate surface area is 167 Å². The van der Waals surface area contributed by atoms with Crippen molar-refractivity contribution in [1.29, 1.82) is 0 Å². The van der Waals surface area contributed by atoms with Gasteiger partial charge in [-0.2, -0.15) is 0 Å². The highest BCUT2D eigenvalue weighted by Crippen LogP contribution is 2.25. The van der Waals surface area contributed by atoms with Crippen molar-refractivity contribution in [3.63, 3.8) is 0 Å². The maximum Gasteiger partial charge on any atom is 0.262 e. The van der Waals surface area contributed by atoms with Gasteiger partial charge in [-0.05, 0) is 25.5 Å². The molecule has 7 nitrogen and oxygen atoms in total. The number of nitrogens with zero attached hydrogens (tertiary/aromatic N) is 4. The van der Waals surface area contributed by atoms with E-state index in [1.54, 1.807) is 53.6 Å². The van der Waals surface area contributed by atoms with Crippen LogP contribution < -0.4 is 0 Å². The first-order valence-electron chi connectivity index (χ1n) is 9.42. The topological polar surface area (TPSA) is 73.8 Å². The molecule has 2 aromatic rings. The molecule has 0 saturated carbocycles. The zero-order valence-electron chi connectivity index (χ0n) is 15.7. The number of fused-ring (bicyclic) bond motifs is 1. The van der Waals surface area contributed by atoms with Gasteiger partial charge in [-0.15, -0.1) is 11.3 Å². The SMILES string of the molecule is CC(C(=O)N1CCCN(Cc2nccs2)CC1)N1C(=O)c2ccccc2C1=O. The van der Waals surface area contributed by atoms with E-state index in [-0.39, 0.29) is 17.7 Å². The number of hydrogen-bond acceptors (Lipinski definition) is 6. The molecule has 8 heteroatoms. The van der Waals surface area contributed by atoms with Gasteiger partial charge in [-0.25, -0.2) is 4.98 Å². The molecule has 0 radical (unpaired) electrons. The van der Waals surface area contributed by atoms with Gasteiger partial charge in [0, 0.05) is 37.8 Å². The van der Waals surface area contributed by atoms with Crippen LogP contribution >= 0.6 is 11.3 Å². The number of amides is 3. The first kappa shape index (κ1) is 18.8. The van der Waals surface area contributed by atoms with Crippen LogP contribution in [-0.4, -0.2) is 69.6 Å². The second-order valence-corrected chi connectivity index (χ2v) is 8.06. The van der Waals surface area contributed by atoms with Crippen molar-refractivity contribution >= 4 is 29.1 Å². The molecule has 0 aliphatic carbocycles. The Morgan fingerprint density at radius 3 is 2.46 bits per heavy atom. The first-order valence-corrected chi connectivity index (χ1v) is 10.3. The van der Waals surface area contributed by atoms with Gasteiger partial charge in [0.2, 0.25) is 5.91 Å². The summed E-state index contributed by atoms with van der Waals surface area (Å²) in [7, 11) is 0. The molecule has 28 heavy (non-hydrogen) atoms. The second-order valence-electron chi connectivity index (χ2n) is 7.08. The van der Waals surface area contributed by atoms with Crippen LogP contribution in [0.5, 0.6) is 0 Å². The van der Waals surface area contributed by atoms with Crippen molar-refractivity contribution < 1.29 is 14.4 Å². The molecule has 0 N–H and O–H groups in total. The molecule has 1 atom stereocenters. The molecule has 1 aromatic carbocycles. The van der Waals surface area contributed by atoms with Crippen LogP contribution in [0.4, 0.5) is 0 Å². The summed E-state index contributed by atoms with van der Waals surface area (Å²) in [6.45, 7) is 5.28. The molecule has 2 aliphatic heterocycles. The maximum atomic E-state index is 13.1. The van der Waals surface area contributed by atoms with E-state index < -0.39 is 6.04 Å². The van der Waals surface area contributed by atoms with Crippen LogP contribution in [0.3, 0.4) is 0 Å². The van der Waals surface area contributed by atoms with Gasteiger partial charge < -0.3 is 4.90 Å². The van der Waals surface area contributed by atoms with Crippen molar-refractivity contribution in [2.24, 2.45) is 0 Å². The summed E-state index contributed by atoms with van der Waals surface area (Å²) in [5.74, 6) is -0.950. The third-order valence-corrected chi connectivity index (χ3v) is 6.08. The summed E-state index contributed by atoms with van der Waals surface area (Å²) in [5.41, 5.74) is 0.746. The van der Waals surface area contributed by atoms with Gasteiger partial charge in [-0.1, -0.05) is 12.1 Å². The summed E-state index contributed by atoms with van der Waals surface area (Å²) < 4.78 is 0. The molecule has 1 fully saturated rings. The Hall–Kier alpha value is -2.58. The van der Waals surface area contributed by atoms with E-state index in [1.807, 2.05) is 5.38 Å². The lowest BCUT2D eigenvalue weighted by molar-refractivity contribution is -0.134. The van der Waals surface area contributed by atoms with E-state index >= 15 is 0 Å². The summed E-state index contributed by atoms with van der Waals surface area (Å²) in [6.07, 6.45) is 2.66. The minimum absolute atomic E-state index is 0.175. The lowest BCUT2D eigenvalue weighted by Crippen LogP contribution is -2.50. The number of imide groups is 1. The largest absolute Gasteiger partial charge is 0.340 e. The third-order valence-electron chi connectivity index (χ3n) is 5.31. The van der Waals surface area contributed by atoms with Gasteiger partial charge in [0.1, 0.15) is 11.0 Å². The van der Waals surface area contributed by atoms with Gasteiger partial charge >= 0.3 is 0 Å². The van der Waals surface area contributed by atoms with Gasteiger partial charge in [0.15, 0.2) is 0 Å². The van der Waals surface area contributed by atoms with Gasteiger partial charge in [0.25, 0.3) is 11.8 Å². The smallest absolute Gasteiger partial charge is 0.262 e. The molecule has 4 rings (SSSR count).